The molecule has 0 bridgehead atoms. The van der Waals surface area contributed by atoms with Gasteiger partial charge in [-0.2, -0.15) is 0 Å². The van der Waals surface area contributed by atoms with Gasteiger partial charge < -0.3 is 10.5 Å². The van der Waals surface area contributed by atoms with Crippen LogP contribution < -0.4 is 5.73 Å². The molecular weight excluding hydrogens is 130 g/mol. The number of hydrogen-bond donors (Lipinski definition) is 1. The van der Waals surface area contributed by atoms with Gasteiger partial charge >= 0.3 is 0 Å². The molecule has 0 radical (unpaired) electrons. The van der Waals surface area contributed by atoms with Crippen LogP contribution in [0.5, 0.6) is 0 Å². The molecule has 0 aliphatic heterocycles. The van der Waals surface area contributed by atoms with E-state index in [1.807, 2.05) is 20.0 Å². The van der Waals surface area contributed by atoms with Crippen LogP contribution in [0.4, 0.5) is 0 Å². The van der Waals surface area contributed by atoms with Crippen LogP contribution in [-0.4, -0.2) is 20.7 Å². The van der Waals surface area contributed by atoms with Gasteiger partial charge in [0.15, 0.2) is 0 Å². The Morgan fingerprint density at radius 3 is 1.67 bits per heavy atom. The van der Waals surface area contributed by atoms with Crippen LogP contribution in [0.15, 0.2) is 0 Å². The summed E-state index contributed by atoms with van der Waals surface area (Å²) in [6, 6.07) is 0. The number of carbonyl (C=O) groups excluding carboxylic acids is 1. The number of hydrogen-bond acceptors (Lipinski definition) is 2. The summed E-state index contributed by atoms with van der Waals surface area (Å²) in [5, 5.41) is 0.398. The second-order valence-corrected chi connectivity index (χ2v) is 5.30. The van der Waals surface area contributed by atoms with Gasteiger partial charge in [-0.25, -0.2) is 0 Å². The van der Waals surface area contributed by atoms with Crippen LogP contribution in [-0.2, 0) is 4.79 Å². The molecule has 0 atom stereocenters. The normalized spacial score (nSPS) is 8.22. The van der Waals surface area contributed by atoms with Crippen molar-refractivity contribution < 1.29 is 4.79 Å². The maximum Gasteiger partial charge on any atom is 0.110 e. The van der Waals surface area contributed by atoms with E-state index >= 15 is 0 Å². The highest BCUT2D eigenvalue weighted by Gasteiger charge is 1.97. The second-order valence-electron chi connectivity index (χ2n) is 2.17. The average Bonchev–Trinajstić information content (AvgIpc) is 1.68. The Balaban J connectivity index is 0. The zero-order valence-electron chi connectivity index (χ0n) is 6.77. The Kier molecular flexibility index (Phi) is 10.1. The monoisotopic (exact) mass is 147 g/mol. The van der Waals surface area contributed by atoms with Crippen LogP contribution in [0.2, 0.25) is 13.1 Å². The van der Waals surface area contributed by atoms with Crippen molar-refractivity contribution in [1.82, 2.24) is 0 Å². The van der Waals surface area contributed by atoms with Gasteiger partial charge in [-0.3, -0.25) is 0 Å². The van der Waals surface area contributed by atoms with E-state index < -0.39 is 8.80 Å². The van der Waals surface area contributed by atoms with Crippen molar-refractivity contribution in [1.29, 1.82) is 0 Å². The lowest BCUT2D eigenvalue weighted by molar-refractivity contribution is -0.110. The predicted molar refractivity (Wildman–Crippen MR) is 44.3 cm³/mol. The maximum absolute atomic E-state index is 10.2. The first-order valence-electron chi connectivity index (χ1n) is 3.26. The second kappa shape index (κ2) is 7.85. The molecule has 0 saturated heterocycles. The molecule has 2 N–H and O–H groups in total. The number of rotatable bonds is 1. The molecule has 0 aliphatic rings. The third-order valence-corrected chi connectivity index (χ3v) is 2.44. The molecule has 56 valence electrons. The molecule has 3 heteroatoms. The molecule has 0 heterocycles. The molecule has 0 unspecified atom stereocenters. The van der Waals surface area contributed by atoms with Crippen LogP contribution in [0.1, 0.15) is 13.8 Å². The lowest BCUT2D eigenvalue weighted by Gasteiger charge is -1.88. The van der Waals surface area contributed by atoms with Gasteiger partial charge in [0.25, 0.3) is 0 Å². The molecule has 0 rings (SSSR count). The summed E-state index contributed by atoms with van der Waals surface area (Å²) in [5.74, 6) is 0. The Hall–Kier alpha value is -0.153. The lowest BCUT2D eigenvalue weighted by Crippen LogP contribution is -2.11. The highest BCUT2D eigenvalue weighted by molar-refractivity contribution is 6.87. The van der Waals surface area contributed by atoms with Gasteiger partial charge in [0.1, 0.15) is 14.2 Å². The molecule has 0 saturated carbocycles. The Morgan fingerprint density at radius 1 is 1.56 bits per heavy atom. The van der Waals surface area contributed by atoms with E-state index in [0.29, 0.717) is 5.41 Å². The minimum absolute atomic E-state index is 0.398. The van der Waals surface area contributed by atoms with Crippen LogP contribution in [0, 0.1) is 0 Å². The minimum Gasteiger partial charge on any atom is -0.331 e. The summed E-state index contributed by atoms with van der Waals surface area (Å²) in [6.45, 7) is 8.38. The first kappa shape index (κ1) is 11.6. The van der Waals surface area contributed by atoms with E-state index in [-0.39, 0.29) is 0 Å². The fourth-order valence-electron chi connectivity index (χ4n) is 0. The van der Waals surface area contributed by atoms with Crippen molar-refractivity contribution >= 4 is 14.2 Å². The quantitative estimate of drug-likeness (QED) is 0.551. The van der Waals surface area contributed by atoms with Crippen molar-refractivity contribution in [2.75, 3.05) is 6.54 Å². The molecule has 0 amide bonds. The van der Waals surface area contributed by atoms with Gasteiger partial charge in [-0.05, 0) is 13.5 Å². The average molecular weight is 147 g/mol. The molecule has 9 heavy (non-hydrogen) atoms. The first-order chi connectivity index (χ1) is 4.06. The maximum atomic E-state index is 10.2. The fraction of sp³-hybridized carbons (Fsp3) is 0.833. The topological polar surface area (TPSA) is 43.1 Å². The highest BCUT2D eigenvalue weighted by Crippen LogP contribution is 1.77. The van der Waals surface area contributed by atoms with E-state index in [0.717, 1.165) is 6.54 Å². The summed E-state index contributed by atoms with van der Waals surface area (Å²) < 4.78 is 0. The zero-order chi connectivity index (χ0) is 7.86. The van der Waals surface area contributed by atoms with Crippen LogP contribution in [0.25, 0.3) is 0 Å². The van der Waals surface area contributed by atoms with E-state index in [9.17, 15) is 4.79 Å². The van der Waals surface area contributed by atoms with Crippen LogP contribution >= 0.6 is 0 Å². The van der Waals surface area contributed by atoms with Crippen molar-refractivity contribution in [2.45, 2.75) is 26.9 Å². The number of nitrogens with two attached hydrogens (primary N) is 1. The van der Waals surface area contributed by atoms with Gasteiger partial charge in [-0.15, -0.1) is 0 Å². The Bertz CT molecular complexity index is 73.5. The Morgan fingerprint density at radius 2 is 1.67 bits per heavy atom. The molecule has 0 aromatic carbocycles. The molecule has 0 aromatic rings. The molecular formula is C6H17NOSi. The number of carbonyl (C=O) groups is 1. The smallest absolute Gasteiger partial charge is 0.110 e. The van der Waals surface area contributed by atoms with Crippen molar-refractivity contribution in [3.05, 3.63) is 0 Å². The third kappa shape index (κ3) is 18.1. The van der Waals surface area contributed by atoms with E-state index in [4.69, 9.17) is 5.73 Å². The summed E-state index contributed by atoms with van der Waals surface area (Å²) in [5.41, 5.74) is 4.85. The Labute approximate surface area is 59.0 Å². The summed E-state index contributed by atoms with van der Waals surface area (Å²) >= 11 is 0. The van der Waals surface area contributed by atoms with Gasteiger partial charge in [-0.1, -0.05) is 20.0 Å². The van der Waals surface area contributed by atoms with Gasteiger partial charge in [0.2, 0.25) is 0 Å². The molecule has 0 aliphatic carbocycles. The van der Waals surface area contributed by atoms with E-state index in [1.54, 1.807) is 6.92 Å². The van der Waals surface area contributed by atoms with E-state index in [2.05, 4.69) is 0 Å². The van der Waals surface area contributed by atoms with Gasteiger partial charge in [0.05, 0.1) is 0 Å². The van der Waals surface area contributed by atoms with Crippen molar-refractivity contribution in [3.8, 4) is 0 Å². The molecule has 0 aromatic heterocycles. The van der Waals surface area contributed by atoms with Gasteiger partial charge in [0, 0.05) is 0 Å². The third-order valence-electron chi connectivity index (χ3n) is 0.813. The van der Waals surface area contributed by atoms with Crippen molar-refractivity contribution in [3.63, 3.8) is 0 Å². The highest BCUT2D eigenvalue weighted by atomic mass is 28.3. The minimum atomic E-state index is -0.883. The first-order valence-corrected chi connectivity index (χ1v) is 6.15. The largest absolute Gasteiger partial charge is 0.331 e. The SMILES string of the molecule is CC(=O)[SiH](C)C.CCN. The van der Waals surface area contributed by atoms with E-state index in [1.165, 1.54) is 0 Å². The standard InChI is InChI=1S/C4H10OSi.C2H7N/c1-4(5)6(2)3;1-2-3/h6H,1-3H3;2-3H2,1H3. The summed E-state index contributed by atoms with van der Waals surface area (Å²) in [7, 11) is -0.883. The molecule has 0 fully saturated rings. The summed E-state index contributed by atoms with van der Waals surface area (Å²) in [4.78, 5) is 10.2. The lowest BCUT2D eigenvalue weighted by atomic mass is 10.8. The van der Waals surface area contributed by atoms with Crippen LogP contribution in [0.3, 0.4) is 0 Å². The predicted octanol–water partition coefficient (Wildman–Crippen LogP) is 0.566. The molecule has 0 spiro atoms. The molecule has 2 nitrogen and oxygen atoms in total. The van der Waals surface area contributed by atoms with Crippen molar-refractivity contribution in [2.24, 2.45) is 5.73 Å². The zero-order valence-corrected chi connectivity index (χ0v) is 7.92. The summed E-state index contributed by atoms with van der Waals surface area (Å²) in [6.07, 6.45) is 0. The fourth-order valence-corrected chi connectivity index (χ4v) is 0.